The van der Waals surface area contributed by atoms with Gasteiger partial charge in [-0.1, -0.05) is 30.9 Å². The van der Waals surface area contributed by atoms with Crippen LogP contribution in [0.4, 0.5) is 0 Å². The Morgan fingerprint density at radius 1 is 1.39 bits per heavy atom. The van der Waals surface area contributed by atoms with E-state index in [9.17, 15) is 5.11 Å². The summed E-state index contributed by atoms with van der Waals surface area (Å²) in [5, 5.41) is 13.3. The van der Waals surface area contributed by atoms with Gasteiger partial charge in [0, 0.05) is 18.7 Å². The highest BCUT2D eigenvalue weighted by atomic mass is 16.5. The van der Waals surface area contributed by atoms with Crippen LogP contribution in [0.15, 0.2) is 36.9 Å². The Balaban J connectivity index is 1.85. The zero-order chi connectivity index (χ0) is 12.8. The van der Waals surface area contributed by atoms with Gasteiger partial charge in [-0.25, -0.2) is 0 Å². The second-order valence-electron chi connectivity index (χ2n) is 4.89. The van der Waals surface area contributed by atoms with Gasteiger partial charge in [0.15, 0.2) is 0 Å². The molecular formula is C15H21NO2. The molecule has 1 aliphatic carbocycles. The third-order valence-corrected chi connectivity index (χ3v) is 3.38. The average molecular weight is 247 g/mol. The predicted octanol–water partition coefficient (Wildman–Crippen LogP) is 2.26. The zero-order valence-corrected chi connectivity index (χ0v) is 10.7. The number of para-hydroxylation sites is 1. The van der Waals surface area contributed by atoms with Gasteiger partial charge in [-0.2, -0.15) is 0 Å². The number of nitrogens with one attached hydrogen (secondary N) is 1. The molecule has 1 saturated carbocycles. The second-order valence-corrected chi connectivity index (χ2v) is 4.89. The fourth-order valence-corrected chi connectivity index (χ4v) is 2.13. The summed E-state index contributed by atoms with van der Waals surface area (Å²) in [5.41, 5.74) is 0.638. The summed E-state index contributed by atoms with van der Waals surface area (Å²) in [7, 11) is 0. The summed E-state index contributed by atoms with van der Waals surface area (Å²) < 4.78 is 5.59. The van der Waals surface area contributed by atoms with E-state index in [1.807, 2.05) is 24.3 Å². The van der Waals surface area contributed by atoms with Crippen molar-refractivity contribution in [2.45, 2.75) is 31.4 Å². The van der Waals surface area contributed by atoms with Crippen molar-refractivity contribution in [3.05, 3.63) is 42.5 Å². The van der Waals surface area contributed by atoms with E-state index in [0.717, 1.165) is 37.1 Å². The number of rotatable bonds is 7. The number of benzene rings is 1. The van der Waals surface area contributed by atoms with Gasteiger partial charge in [0.2, 0.25) is 0 Å². The van der Waals surface area contributed by atoms with E-state index >= 15 is 0 Å². The van der Waals surface area contributed by atoms with Crippen molar-refractivity contribution < 1.29 is 9.84 Å². The van der Waals surface area contributed by atoms with Gasteiger partial charge < -0.3 is 15.2 Å². The molecule has 3 heteroatoms. The van der Waals surface area contributed by atoms with E-state index in [2.05, 4.69) is 11.9 Å². The van der Waals surface area contributed by atoms with Gasteiger partial charge in [0.1, 0.15) is 12.4 Å². The summed E-state index contributed by atoms with van der Waals surface area (Å²) in [6.45, 7) is 5.53. The van der Waals surface area contributed by atoms with Crippen LogP contribution in [0.3, 0.4) is 0 Å². The quantitative estimate of drug-likeness (QED) is 0.726. The summed E-state index contributed by atoms with van der Waals surface area (Å²) in [6, 6.07) is 7.95. The Morgan fingerprint density at radius 2 is 2.17 bits per heavy atom. The molecule has 0 aliphatic heterocycles. The predicted molar refractivity (Wildman–Crippen MR) is 72.6 cm³/mol. The third kappa shape index (κ3) is 3.34. The first-order valence-corrected chi connectivity index (χ1v) is 6.48. The molecule has 1 aromatic rings. The smallest absolute Gasteiger partial charge is 0.124 e. The molecule has 18 heavy (non-hydrogen) atoms. The van der Waals surface area contributed by atoms with Crippen molar-refractivity contribution in [1.82, 2.24) is 5.32 Å². The van der Waals surface area contributed by atoms with Crippen molar-refractivity contribution in [1.29, 1.82) is 0 Å². The van der Waals surface area contributed by atoms with Crippen LogP contribution in [0.25, 0.3) is 0 Å². The van der Waals surface area contributed by atoms with Gasteiger partial charge >= 0.3 is 0 Å². The number of hydrogen-bond acceptors (Lipinski definition) is 3. The molecule has 0 bridgehead atoms. The Bertz CT molecular complexity index is 399. The van der Waals surface area contributed by atoms with E-state index < -0.39 is 5.60 Å². The molecule has 0 spiro atoms. The molecule has 0 atom stereocenters. The molecule has 0 heterocycles. The minimum atomic E-state index is -0.475. The molecule has 1 aliphatic rings. The van der Waals surface area contributed by atoms with Crippen molar-refractivity contribution in [3.63, 3.8) is 0 Å². The van der Waals surface area contributed by atoms with Gasteiger partial charge in [-0.05, 0) is 25.3 Å². The molecule has 0 radical (unpaired) electrons. The largest absolute Gasteiger partial charge is 0.489 e. The fourth-order valence-electron chi connectivity index (χ4n) is 2.13. The normalized spacial score (nSPS) is 16.9. The second kappa shape index (κ2) is 6.03. The lowest BCUT2D eigenvalue weighted by Crippen LogP contribution is -2.46. The monoisotopic (exact) mass is 247 g/mol. The highest BCUT2D eigenvalue weighted by Gasteiger charge is 2.33. The summed E-state index contributed by atoms with van der Waals surface area (Å²) >= 11 is 0. The van der Waals surface area contributed by atoms with Crippen LogP contribution < -0.4 is 10.1 Å². The Morgan fingerprint density at radius 3 is 2.83 bits per heavy atom. The standard InChI is InChI=1S/C15H21NO2/c1-2-10-18-14-7-4-3-6-13(14)11-16-12-15(17)8-5-9-15/h2-4,6-7,16-17H,1,5,8-12H2. The lowest BCUT2D eigenvalue weighted by Gasteiger charge is -2.36. The molecule has 3 nitrogen and oxygen atoms in total. The highest BCUT2D eigenvalue weighted by Crippen LogP contribution is 2.30. The van der Waals surface area contributed by atoms with Crippen LogP contribution in [-0.2, 0) is 6.54 Å². The van der Waals surface area contributed by atoms with Crippen LogP contribution in [0.2, 0.25) is 0 Å². The summed E-state index contributed by atoms with van der Waals surface area (Å²) in [4.78, 5) is 0. The lowest BCUT2D eigenvalue weighted by atomic mass is 9.80. The molecule has 98 valence electrons. The SMILES string of the molecule is C=CCOc1ccccc1CNCC1(O)CCC1. The van der Waals surface area contributed by atoms with E-state index in [1.54, 1.807) is 6.08 Å². The molecule has 2 rings (SSSR count). The van der Waals surface area contributed by atoms with Crippen LogP contribution in [0.5, 0.6) is 5.75 Å². The summed E-state index contributed by atoms with van der Waals surface area (Å²) in [6.07, 6.45) is 4.70. The van der Waals surface area contributed by atoms with Crippen LogP contribution >= 0.6 is 0 Å². The van der Waals surface area contributed by atoms with E-state index in [-0.39, 0.29) is 0 Å². The Kier molecular flexibility index (Phi) is 4.39. The minimum absolute atomic E-state index is 0.475. The maximum atomic E-state index is 9.99. The molecule has 0 aromatic heterocycles. The van der Waals surface area contributed by atoms with E-state index in [1.165, 1.54) is 0 Å². The number of ether oxygens (including phenoxy) is 1. The molecule has 0 saturated heterocycles. The molecule has 2 N–H and O–H groups in total. The Hall–Kier alpha value is -1.32. The van der Waals surface area contributed by atoms with E-state index in [4.69, 9.17) is 4.74 Å². The Labute approximate surface area is 108 Å². The maximum absolute atomic E-state index is 9.99. The van der Waals surface area contributed by atoms with E-state index in [0.29, 0.717) is 13.2 Å². The first kappa shape index (κ1) is 13.1. The summed E-state index contributed by atoms with van der Waals surface area (Å²) in [5.74, 6) is 0.880. The first-order chi connectivity index (χ1) is 8.73. The third-order valence-electron chi connectivity index (χ3n) is 3.38. The van der Waals surface area contributed by atoms with Crippen LogP contribution in [-0.4, -0.2) is 23.9 Å². The molecule has 0 amide bonds. The lowest BCUT2D eigenvalue weighted by molar-refractivity contribution is -0.0315. The van der Waals surface area contributed by atoms with Gasteiger partial charge in [-0.15, -0.1) is 0 Å². The number of aliphatic hydroxyl groups is 1. The molecule has 0 unspecified atom stereocenters. The van der Waals surface area contributed by atoms with Crippen molar-refractivity contribution >= 4 is 0 Å². The van der Waals surface area contributed by atoms with Crippen molar-refractivity contribution in [2.24, 2.45) is 0 Å². The highest BCUT2D eigenvalue weighted by molar-refractivity contribution is 5.33. The van der Waals surface area contributed by atoms with Crippen molar-refractivity contribution in [2.75, 3.05) is 13.2 Å². The van der Waals surface area contributed by atoms with Crippen molar-refractivity contribution in [3.8, 4) is 5.75 Å². The average Bonchev–Trinajstić information content (AvgIpc) is 2.35. The minimum Gasteiger partial charge on any atom is -0.489 e. The van der Waals surface area contributed by atoms with Crippen LogP contribution in [0.1, 0.15) is 24.8 Å². The van der Waals surface area contributed by atoms with Gasteiger partial charge in [0.25, 0.3) is 0 Å². The fraction of sp³-hybridized carbons (Fsp3) is 0.467. The molecule has 1 aromatic carbocycles. The zero-order valence-electron chi connectivity index (χ0n) is 10.7. The number of hydrogen-bond donors (Lipinski definition) is 2. The van der Waals surface area contributed by atoms with Gasteiger partial charge in [0.05, 0.1) is 5.60 Å². The maximum Gasteiger partial charge on any atom is 0.124 e. The topological polar surface area (TPSA) is 41.5 Å². The molecule has 1 fully saturated rings. The first-order valence-electron chi connectivity index (χ1n) is 6.48. The van der Waals surface area contributed by atoms with Gasteiger partial charge in [-0.3, -0.25) is 0 Å². The van der Waals surface area contributed by atoms with Crippen LogP contribution in [0, 0.1) is 0 Å². The molecular weight excluding hydrogens is 226 g/mol.